The predicted molar refractivity (Wildman–Crippen MR) is 260 cm³/mol. The molecule has 62 heavy (non-hydrogen) atoms. The maximum Gasteiger partial charge on any atom is 0.159 e. The van der Waals surface area contributed by atoms with Crippen molar-refractivity contribution < 1.29 is 8.83 Å². The summed E-state index contributed by atoms with van der Waals surface area (Å²) < 4.78 is 13.5. The zero-order chi connectivity index (χ0) is 40.7. The van der Waals surface area contributed by atoms with E-state index < -0.39 is 0 Å². The van der Waals surface area contributed by atoms with E-state index in [2.05, 4.69) is 216 Å². The molecule has 0 N–H and O–H groups in total. The lowest BCUT2D eigenvalue weighted by atomic mass is 9.91. The number of hydrogen-bond donors (Lipinski definition) is 0. The van der Waals surface area contributed by atoms with Crippen LogP contribution in [0.15, 0.2) is 227 Å². The molecule has 0 aliphatic heterocycles. The van der Waals surface area contributed by atoms with Crippen molar-refractivity contribution in [3.8, 4) is 11.1 Å². The average molecular weight is 793 g/mol. The Kier molecular flexibility index (Phi) is 7.57. The Morgan fingerprint density at radius 3 is 1.29 bits per heavy atom. The second-order valence-electron chi connectivity index (χ2n) is 16.0. The summed E-state index contributed by atoms with van der Waals surface area (Å²) >= 11 is 0. The van der Waals surface area contributed by atoms with Crippen molar-refractivity contribution in [1.82, 2.24) is 0 Å². The zero-order valence-electron chi connectivity index (χ0n) is 33.5. The van der Waals surface area contributed by atoms with E-state index in [9.17, 15) is 0 Å². The Bertz CT molecular complexity index is 3830. The highest BCUT2D eigenvalue weighted by Gasteiger charge is 2.25. The van der Waals surface area contributed by atoms with Gasteiger partial charge >= 0.3 is 0 Å². The third-order valence-corrected chi connectivity index (χ3v) is 12.6. The summed E-state index contributed by atoms with van der Waals surface area (Å²) in [6.45, 7) is 0. The average Bonchev–Trinajstić information content (AvgIpc) is 3.92. The summed E-state index contributed by atoms with van der Waals surface area (Å²) in [5.41, 5.74) is 12.0. The van der Waals surface area contributed by atoms with Crippen LogP contribution in [-0.2, 0) is 0 Å². The lowest BCUT2D eigenvalue weighted by Gasteiger charge is -2.29. The van der Waals surface area contributed by atoms with Gasteiger partial charge in [0, 0.05) is 43.7 Å². The molecule has 0 aliphatic rings. The van der Waals surface area contributed by atoms with Crippen LogP contribution >= 0.6 is 0 Å². The monoisotopic (exact) mass is 792 g/mol. The summed E-state index contributed by atoms with van der Waals surface area (Å²) in [5.74, 6) is 0. The molecular formula is C58H36N2O2. The molecule has 0 fully saturated rings. The highest BCUT2D eigenvalue weighted by Crippen LogP contribution is 2.50. The molecule has 0 saturated heterocycles. The van der Waals surface area contributed by atoms with E-state index in [4.69, 9.17) is 8.83 Å². The standard InChI is InChI=1S/C58H36N2O2/c1-3-14-37(15-4-1)40-16-11-19-42(36-40)60(52-25-13-23-46-44-21-8-10-27-54(44)62-58(46)52)50-35-31-39-28-32-47-49(34-30-38-29-33-48(50)56(39)55(38)47)59(41-17-5-2-6-18-41)51-24-12-22-45-43-20-7-9-26-53(43)61-57(45)51/h1-36H. The molecule has 0 spiro atoms. The maximum atomic E-state index is 6.77. The first-order valence-corrected chi connectivity index (χ1v) is 21.1. The summed E-state index contributed by atoms with van der Waals surface area (Å²) in [7, 11) is 0. The van der Waals surface area contributed by atoms with Crippen molar-refractivity contribution in [3.05, 3.63) is 218 Å². The normalized spacial score (nSPS) is 11.9. The largest absolute Gasteiger partial charge is 0.454 e. The van der Waals surface area contributed by atoms with Gasteiger partial charge in [-0.05, 0) is 93.3 Å². The number of anilines is 6. The fourth-order valence-corrected chi connectivity index (χ4v) is 9.83. The smallest absolute Gasteiger partial charge is 0.159 e. The van der Waals surface area contributed by atoms with E-state index in [0.29, 0.717) is 0 Å². The molecule has 0 unspecified atom stereocenters. The van der Waals surface area contributed by atoms with Crippen LogP contribution in [0.4, 0.5) is 34.1 Å². The molecule has 290 valence electrons. The fraction of sp³-hybridized carbons (Fsp3) is 0. The third-order valence-electron chi connectivity index (χ3n) is 12.6. The number of fused-ring (bicyclic) bond motifs is 6. The van der Waals surface area contributed by atoms with Crippen molar-refractivity contribution in [1.29, 1.82) is 0 Å². The van der Waals surface area contributed by atoms with Crippen molar-refractivity contribution in [2.75, 3.05) is 9.80 Å². The third kappa shape index (κ3) is 5.20. The van der Waals surface area contributed by atoms with Crippen LogP contribution in [0.25, 0.3) is 87.3 Å². The van der Waals surface area contributed by atoms with Gasteiger partial charge in [-0.3, -0.25) is 0 Å². The van der Waals surface area contributed by atoms with Gasteiger partial charge in [0.25, 0.3) is 0 Å². The van der Waals surface area contributed by atoms with E-state index in [-0.39, 0.29) is 0 Å². The minimum Gasteiger partial charge on any atom is -0.454 e. The van der Waals surface area contributed by atoms with Crippen LogP contribution in [0.2, 0.25) is 0 Å². The zero-order valence-corrected chi connectivity index (χ0v) is 33.5. The molecule has 4 nitrogen and oxygen atoms in total. The highest BCUT2D eigenvalue weighted by atomic mass is 16.3. The quantitative estimate of drug-likeness (QED) is 0.151. The molecule has 11 aromatic carbocycles. The molecule has 2 aromatic heterocycles. The van der Waals surface area contributed by atoms with Crippen LogP contribution in [-0.4, -0.2) is 0 Å². The molecule has 13 aromatic rings. The molecule has 0 amide bonds. The summed E-state index contributed by atoms with van der Waals surface area (Å²) in [6, 6.07) is 77.9. The summed E-state index contributed by atoms with van der Waals surface area (Å²) in [5, 5.41) is 11.5. The molecule has 0 bridgehead atoms. The first-order chi connectivity index (χ1) is 30.8. The Labute approximate surface area is 357 Å². The van der Waals surface area contributed by atoms with E-state index in [1.54, 1.807) is 0 Å². The predicted octanol–water partition coefficient (Wildman–Crippen LogP) is 17.0. The summed E-state index contributed by atoms with van der Waals surface area (Å²) in [6.07, 6.45) is 0. The molecule has 4 heteroatoms. The van der Waals surface area contributed by atoms with Gasteiger partial charge in [0.15, 0.2) is 11.2 Å². The molecule has 0 atom stereocenters. The Morgan fingerprint density at radius 2 is 0.710 bits per heavy atom. The van der Waals surface area contributed by atoms with Gasteiger partial charge in [0.2, 0.25) is 0 Å². The van der Waals surface area contributed by atoms with E-state index in [1.165, 1.54) is 27.1 Å². The van der Waals surface area contributed by atoms with Gasteiger partial charge in [0.1, 0.15) is 11.2 Å². The van der Waals surface area contributed by atoms with Gasteiger partial charge in [0.05, 0.1) is 22.7 Å². The van der Waals surface area contributed by atoms with Gasteiger partial charge in [-0.1, -0.05) is 158 Å². The van der Waals surface area contributed by atoms with Crippen LogP contribution in [0, 0.1) is 0 Å². The summed E-state index contributed by atoms with van der Waals surface area (Å²) in [4.78, 5) is 4.75. The molecule has 0 radical (unpaired) electrons. The minimum atomic E-state index is 0.852. The lowest BCUT2D eigenvalue weighted by Crippen LogP contribution is -2.12. The van der Waals surface area contributed by atoms with Gasteiger partial charge in [-0.2, -0.15) is 0 Å². The van der Waals surface area contributed by atoms with Gasteiger partial charge in [-0.25, -0.2) is 0 Å². The number of benzene rings is 11. The first kappa shape index (κ1) is 34.5. The minimum absolute atomic E-state index is 0.852. The number of nitrogens with zero attached hydrogens (tertiary/aromatic N) is 2. The van der Waals surface area contributed by atoms with E-state index >= 15 is 0 Å². The van der Waals surface area contributed by atoms with Gasteiger partial charge < -0.3 is 18.6 Å². The van der Waals surface area contributed by atoms with Crippen molar-refractivity contribution in [3.63, 3.8) is 0 Å². The van der Waals surface area contributed by atoms with Crippen LogP contribution < -0.4 is 9.80 Å². The highest BCUT2D eigenvalue weighted by molar-refractivity contribution is 6.28. The molecular weight excluding hydrogens is 757 g/mol. The fourth-order valence-electron chi connectivity index (χ4n) is 9.83. The molecule has 2 heterocycles. The SMILES string of the molecule is c1ccc(-c2cccc(N(c3ccc4ccc5c(N(c6ccccc6)c6cccc7c6oc6ccccc67)ccc6ccc3c4c65)c3cccc4c3oc3ccccc34)c2)cc1. The number of para-hydroxylation sites is 5. The number of hydrogen-bond acceptors (Lipinski definition) is 4. The molecule has 0 saturated carbocycles. The topological polar surface area (TPSA) is 32.8 Å². The Morgan fingerprint density at radius 1 is 0.274 bits per heavy atom. The lowest BCUT2D eigenvalue weighted by molar-refractivity contribution is 0.669. The number of rotatable bonds is 7. The van der Waals surface area contributed by atoms with Crippen LogP contribution in [0.5, 0.6) is 0 Å². The van der Waals surface area contributed by atoms with Crippen LogP contribution in [0.1, 0.15) is 0 Å². The second kappa shape index (κ2) is 13.6. The second-order valence-corrected chi connectivity index (χ2v) is 16.0. The Balaban J connectivity index is 1.08. The van der Waals surface area contributed by atoms with Crippen LogP contribution in [0.3, 0.4) is 0 Å². The number of furan rings is 2. The first-order valence-electron chi connectivity index (χ1n) is 21.1. The van der Waals surface area contributed by atoms with E-state index in [1.807, 2.05) is 12.1 Å². The molecule has 13 rings (SSSR count). The van der Waals surface area contributed by atoms with Crippen molar-refractivity contribution >= 4 is 110 Å². The van der Waals surface area contributed by atoms with Crippen molar-refractivity contribution in [2.24, 2.45) is 0 Å². The van der Waals surface area contributed by atoms with Crippen molar-refractivity contribution in [2.45, 2.75) is 0 Å². The van der Waals surface area contributed by atoms with Gasteiger partial charge in [-0.15, -0.1) is 0 Å². The van der Waals surface area contributed by atoms with E-state index in [0.717, 1.165) is 94.3 Å². The molecule has 0 aliphatic carbocycles. The Hall–Kier alpha value is -8.34. The maximum absolute atomic E-state index is 6.77.